The Morgan fingerprint density at radius 2 is 1.89 bits per heavy atom. The van der Waals surface area contributed by atoms with E-state index in [9.17, 15) is 4.79 Å². The molecule has 1 unspecified atom stereocenters. The lowest BCUT2D eigenvalue weighted by Gasteiger charge is -2.30. The van der Waals surface area contributed by atoms with Crippen LogP contribution in [0.1, 0.15) is 46.6 Å². The number of nitrogens with one attached hydrogen (secondary N) is 3. The Bertz CT molecular complexity index is 627. The minimum Gasteiger partial charge on any atom is -0.379 e. The van der Waals surface area contributed by atoms with E-state index in [0.717, 1.165) is 17.2 Å². The van der Waals surface area contributed by atoms with E-state index in [2.05, 4.69) is 41.7 Å². The molecule has 0 aliphatic rings. The fraction of sp³-hybridized carbons (Fsp3) is 0.619. The molecule has 0 bridgehead atoms. The number of guanidine groups is 1. The zero-order chi connectivity index (χ0) is 20.4. The first-order chi connectivity index (χ1) is 12.7. The number of amides is 1. The Morgan fingerprint density at radius 1 is 1.21 bits per heavy atom. The van der Waals surface area contributed by atoms with Crippen molar-refractivity contribution in [2.45, 2.75) is 53.7 Å². The van der Waals surface area contributed by atoms with Gasteiger partial charge in [0.15, 0.2) is 5.96 Å². The molecule has 1 aromatic carbocycles. The van der Waals surface area contributed by atoms with Crippen molar-refractivity contribution in [2.75, 3.05) is 26.0 Å². The molecule has 6 nitrogen and oxygen atoms in total. The molecule has 3 N–H and O–H groups in total. The van der Waals surface area contributed by atoms with Crippen molar-refractivity contribution in [3.63, 3.8) is 0 Å². The summed E-state index contributed by atoms with van der Waals surface area (Å²) in [5.41, 5.74) is 1.93. The van der Waals surface area contributed by atoms with Gasteiger partial charge in [-0.3, -0.25) is 9.79 Å². The minimum atomic E-state index is 0. The molecule has 0 saturated heterocycles. The van der Waals surface area contributed by atoms with Crippen LogP contribution in [0.4, 0.5) is 5.69 Å². The molecule has 0 saturated carbocycles. The maximum atomic E-state index is 11.9. The largest absolute Gasteiger partial charge is 0.379 e. The average Bonchev–Trinajstić information content (AvgIpc) is 2.56. The number of halogens is 1. The summed E-state index contributed by atoms with van der Waals surface area (Å²) in [7, 11) is 3.48. The van der Waals surface area contributed by atoms with Crippen LogP contribution in [0.2, 0.25) is 0 Å². The van der Waals surface area contributed by atoms with Gasteiger partial charge in [-0.2, -0.15) is 0 Å². The zero-order valence-corrected chi connectivity index (χ0v) is 20.6. The molecule has 0 aliphatic heterocycles. The average molecular weight is 504 g/mol. The van der Waals surface area contributed by atoms with E-state index in [1.807, 2.05) is 38.1 Å². The third-order valence-electron chi connectivity index (χ3n) is 4.19. The van der Waals surface area contributed by atoms with Gasteiger partial charge in [0, 0.05) is 39.4 Å². The van der Waals surface area contributed by atoms with Gasteiger partial charge in [-0.1, -0.05) is 46.8 Å². The highest BCUT2D eigenvalue weighted by atomic mass is 127. The second kappa shape index (κ2) is 13.0. The predicted octanol–water partition coefficient (Wildman–Crippen LogP) is 4.02. The number of carbonyl (C=O) groups excluding carboxylic acids is 1. The van der Waals surface area contributed by atoms with Crippen molar-refractivity contribution < 1.29 is 9.53 Å². The summed E-state index contributed by atoms with van der Waals surface area (Å²) in [6, 6.07) is 7.84. The standard InChI is InChI=1S/C21H36N4O2.HI/c1-15(2)11-19(26)25-17-10-8-9-16(12-17)13-23-20(22-6)24-14-18(27-7)21(3,4)5;/h8-10,12,15,18H,11,13-14H2,1-7H3,(H,25,26)(H2,22,23,24);1H. The summed E-state index contributed by atoms with van der Waals surface area (Å²) < 4.78 is 5.57. The van der Waals surface area contributed by atoms with Crippen molar-refractivity contribution >= 4 is 41.5 Å². The highest BCUT2D eigenvalue weighted by Gasteiger charge is 2.24. The fourth-order valence-corrected chi connectivity index (χ4v) is 2.68. The summed E-state index contributed by atoms with van der Waals surface area (Å²) in [5, 5.41) is 9.56. The van der Waals surface area contributed by atoms with Crippen molar-refractivity contribution in [1.29, 1.82) is 0 Å². The molecular formula is C21H37IN4O2. The molecule has 0 aliphatic carbocycles. The molecule has 28 heavy (non-hydrogen) atoms. The Morgan fingerprint density at radius 3 is 2.43 bits per heavy atom. The van der Waals surface area contributed by atoms with Crippen molar-refractivity contribution in [2.24, 2.45) is 16.3 Å². The van der Waals surface area contributed by atoms with E-state index in [-0.39, 0.29) is 41.4 Å². The predicted molar refractivity (Wildman–Crippen MR) is 128 cm³/mol. The molecule has 1 rings (SSSR count). The summed E-state index contributed by atoms with van der Waals surface area (Å²) in [6.07, 6.45) is 0.601. The Hall–Kier alpha value is -1.35. The van der Waals surface area contributed by atoms with Crippen LogP contribution in [-0.2, 0) is 16.1 Å². The number of carbonyl (C=O) groups is 1. The number of rotatable bonds is 8. The second-order valence-corrected chi connectivity index (χ2v) is 8.24. The first-order valence-electron chi connectivity index (χ1n) is 9.51. The first kappa shape index (κ1) is 26.6. The van der Waals surface area contributed by atoms with Crippen LogP contribution >= 0.6 is 24.0 Å². The normalized spacial score (nSPS) is 12.9. The maximum absolute atomic E-state index is 11.9. The van der Waals surface area contributed by atoms with Crippen LogP contribution < -0.4 is 16.0 Å². The highest BCUT2D eigenvalue weighted by Crippen LogP contribution is 2.20. The van der Waals surface area contributed by atoms with Gasteiger partial charge < -0.3 is 20.7 Å². The maximum Gasteiger partial charge on any atom is 0.224 e. The van der Waals surface area contributed by atoms with Crippen LogP contribution in [0.15, 0.2) is 29.3 Å². The summed E-state index contributed by atoms with van der Waals surface area (Å²) >= 11 is 0. The van der Waals surface area contributed by atoms with Gasteiger partial charge in [0.2, 0.25) is 5.91 Å². The van der Waals surface area contributed by atoms with Gasteiger partial charge in [0.05, 0.1) is 6.10 Å². The summed E-state index contributed by atoms with van der Waals surface area (Å²) in [6.45, 7) is 11.8. The van der Waals surface area contributed by atoms with Gasteiger partial charge in [0.25, 0.3) is 0 Å². The Balaban J connectivity index is 0.00000729. The van der Waals surface area contributed by atoms with Crippen LogP contribution in [0.5, 0.6) is 0 Å². The lowest BCUT2D eigenvalue weighted by atomic mass is 9.89. The van der Waals surface area contributed by atoms with Gasteiger partial charge in [0.1, 0.15) is 0 Å². The van der Waals surface area contributed by atoms with Crippen LogP contribution in [0.25, 0.3) is 0 Å². The minimum absolute atomic E-state index is 0. The first-order valence-corrected chi connectivity index (χ1v) is 9.51. The third-order valence-corrected chi connectivity index (χ3v) is 4.19. The van der Waals surface area contributed by atoms with E-state index in [4.69, 9.17) is 4.74 Å². The van der Waals surface area contributed by atoms with Crippen molar-refractivity contribution in [3.8, 4) is 0 Å². The molecule has 0 fully saturated rings. The smallest absolute Gasteiger partial charge is 0.224 e. The Kier molecular flexibility index (Phi) is 12.4. The third kappa shape index (κ3) is 10.3. The van der Waals surface area contributed by atoms with E-state index in [0.29, 0.717) is 25.4 Å². The number of nitrogens with zero attached hydrogens (tertiary/aromatic N) is 1. The number of hydrogen-bond acceptors (Lipinski definition) is 3. The molecule has 0 spiro atoms. The van der Waals surface area contributed by atoms with E-state index < -0.39 is 0 Å². The molecular weight excluding hydrogens is 467 g/mol. The quantitative estimate of drug-likeness (QED) is 0.284. The van der Waals surface area contributed by atoms with Crippen LogP contribution in [-0.4, -0.2) is 38.7 Å². The molecule has 0 aromatic heterocycles. The van der Waals surface area contributed by atoms with Gasteiger partial charge in [-0.25, -0.2) is 0 Å². The monoisotopic (exact) mass is 504 g/mol. The van der Waals surface area contributed by atoms with Gasteiger partial charge >= 0.3 is 0 Å². The molecule has 1 atom stereocenters. The number of methoxy groups -OCH3 is 1. The molecule has 0 radical (unpaired) electrons. The lowest BCUT2D eigenvalue weighted by Crippen LogP contribution is -2.45. The fourth-order valence-electron chi connectivity index (χ4n) is 2.68. The number of aliphatic imine (C=N–C) groups is 1. The zero-order valence-electron chi connectivity index (χ0n) is 18.3. The van der Waals surface area contributed by atoms with Crippen molar-refractivity contribution in [1.82, 2.24) is 10.6 Å². The van der Waals surface area contributed by atoms with Gasteiger partial charge in [-0.15, -0.1) is 24.0 Å². The topological polar surface area (TPSA) is 74.8 Å². The second-order valence-electron chi connectivity index (χ2n) is 8.24. The Labute approximate surface area is 187 Å². The van der Waals surface area contributed by atoms with E-state index in [1.54, 1.807) is 14.2 Å². The molecule has 0 heterocycles. The number of anilines is 1. The summed E-state index contributed by atoms with van der Waals surface area (Å²) in [4.78, 5) is 16.2. The molecule has 7 heteroatoms. The van der Waals surface area contributed by atoms with E-state index >= 15 is 0 Å². The summed E-state index contributed by atoms with van der Waals surface area (Å²) in [5.74, 6) is 1.10. The SMILES string of the molecule is CN=C(NCc1cccc(NC(=O)CC(C)C)c1)NCC(OC)C(C)(C)C.I. The van der Waals surface area contributed by atoms with Crippen molar-refractivity contribution in [3.05, 3.63) is 29.8 Å². The number of benzene rings is 1. The lowest BCUT2D eigenvalue weighted by molar-refractivity contribution is -0.116. The highest BCUT2D eigenvalue weighted by molar-refractivity contribution is 14.0. The molecule has 1 aromatic rings. The molecule has 1 amide bonds. The number of hydrogen-bond donors (Lipinski definition) is 3. The molecule has 160 valence electrons. The van der Waals surface area contributed by atoms with Crippen LogP contribution in [0, 0.1) is 11.3 Å². The van der Waals surface area contributed by atoms with Crippen LogP contribution in [0.3, 0.4) is 0 Å². The number of ether oxygens (including phenoxy) is 1. The van der Waals surface area contributed by atoms with E-state index in [1.165, 1.54) is 0 Å². The van der Waals surface area contributed by atoms with Gasteiger partial charge in [-0.05, 0) is 29.0 Å².